The lowest BCUT2D eigenvalue weighted by Crippen LogP contribution is -2.37. The Morgan fingerprint density at radius 2 is 2.00 bits per heavy atom. The van der Waals surface area contributed by atoms with Gasteiger partial charge in [-0.3, -0.25) is 9.69 Å². The van der Waals surface area contributed by atoms with Crippen molar-refractivity contribution in [3.05, 3.63) is 52.2 Å². The second-order valence-corrected chi connectivity index (χ2v) is 7.12. The van der Waals surface area contributed by atoms with Crippen molar-refractivity contribution in [1.29, 1.82) is 0 Å². The second kappa shape index (κ2) is 8.31. The van der Waals surface area contributed by atoms with Gasteiger partial charge in [0.05, 0.1) is 19.6 Å². The largest absolute Gasteiger partial charge is 0.497 e. The molecule has 24 heavy (non-hydrogen) atoms. The molecule has 0 radical (unpaired) electrons. The fourth-order valence-corrected chi connectivity index (χ4v) is 3.89. The van der Waals surface area contributed by atoms with Crippen LogP contribution in [0.4, 0.5) is 0 Å². The van der Waals surface area contributed by atoms with Crippen LogP contribution in [-0.2, 0) is 11.2 Å². The maximum absolute atomic E-state index is 12.2. The van der Waals surface area contributed by atoms with E-state index in [1.807, 2.05) is 29.6 Å². The molecule has 1 amide bonds. The molecule has 5 heteroatoms. The van der Waals surface area contributed by atoms with Crippen molar-refractivity contribution in [2.45, 2.75) is 25.3 Å². The van der Waals surface area contributed by atoms with E-state index in [2.05, 4.69) is 22.3 Å². The number of nitrogens with zero attached hydrogens (tertiary/aromatic N) is 1. The maximum Gasteiger partial charge on any atom is 0.225 e. The van der Waals surface area contributed by atoms with Crippen molar-refractivity contribution in [3.63, 3.8) is 0 Å². The first-order chi connectivity index (χ1) is 11.8. The number of amides is 1. The number of likely N-dealkylation sites (tertiary alicyclic amines) is 1. The fourth-order valence-electron chi connectivity index (χ4n) is 3.18. The van der Waals surface area contributed by atoms with E-state index < -0.39 is 0 Å². The van der Waals surface area contributed by atoms with E-state index in [0.29, 0.717) is 13.0 Å². The summed E-state index contributed by atoms with van der Waals surface area (Å²) in [6.07, 6.45) is 2.93. The lowest BCUT2D eigenvalue weighted by Gasteiger charge is -2.28. The van der Waals surface area contributed by atoms with E-state index in [-0.39, 0.29) is 11.9 Å². The standard InChI is InChI=1S/C19H24N2O2S/c1-23-16-8-6-15(7-9-16)18(21-10-2-3-11-21)14-20-19(22)13-17-5-4-12-24-17/h4-9,12,18H,2-3,10-11,13-14H2,1H3,(H,20,22)/t18-/m1/s1. The molecule has 1 saturated heterocycles. The Kier molecular flexibility index (Phi) is 5.88. The predicted octanol–water partition coefficient (Wildman–Crippen LogP) is 3.25. The number of carbonyl (C=O) groups excluding carboxylic acids is 1. The minimum absolute atomic E-state index is 0.0927. The van der Waals surface area contributed by atoms with Crippen molar-refractivity contribution >= 4 is 17.2 Å². The number of thiophene rings is 1. The fraction of sp³-hybridized carbons (Fsp3) is 0.421. The molecule has 0 saturated carbocycles. The molecular formula is C19H24N2O2S. The Balaban J connectivity index is 1.64. The smallest absolute Gasteiger partial charge is 0.225 e. The van der Waals surface area contributed by atoms with Gasteiger partial charge in [-0.25, -0.2) is 0 Å². The third-order valence-electron chi connectivity index (χ3n) is 4.49. The lowest BCUT2D eigenvalue weighted by atomic mass is 10.1. The van der Waals surface area contributed by atoms with Gasteiger partial charge in [-0.15, -0.1) is 11.3 Å². The number of ether oxygens (including phenoxy) is 1. The number of nitrogens with one attached hydrogen (secondary N) is 1. The average molecular weight is 344 g/mol. The summed E-state index contributed by atoms with van der Waals surface area (Å²) in [6.45, 7) is 2.84. The van der Waals surface area contributed by atoms with Gasteiger partial charge in [-0.05, 0) is 55.1 Å². The maximum atomic E-state index is 12.2. The molecular weight excluding hydrogens is 320 g/mol. The minimum atomic E-state index is 0.0927. The number of benzene rings is 1. The molecule has 3 rings (SSSR count). The minimum Gasteiger partial charge on any atom is -0.497 e. The predicted molar refractivity (Wildman–Crippen MR) is 97.6 cm³/mol. The third kappa shape index (κ3) is 4.36. The topological polar surface area (TPSA) is 41.6 Å². The molecule has 1 aromatic carbocycles. The van der Waals surface area contributed by atoms with Crippen LogP contribution in [0, 0.1) is 0 Å². The molecule has 2 aromatic rings. The van der Waals surface area contributed by atoms with E-state index in [4.69, 9.17) is 4.74 Å². The van der Waals surface area contributed by atoms with Crippen molar-refractivity contribution < 1.29 is 9.53 Å². The molecule has 0 spiro atoms. The van der Waals surface area contributed by atoms with Crippen LogP contribution in [0.25, 0.3) is 0 Å². The van der Waals surface area contributed by atoms with Gasteiger partial charge in [0.25, 0.3) is 0 Å². The van der Waals surface area contributed by atoms with Crippen LogP contribution >= 0.6 is 11.3 Å². The molecule has 1 aromatic heterocycles. The number of hydrogen-bond donors (Lipinski definition) is 1. The van der Waals surface area contributed by atoms with Gasteiger partial charge < -0.3 is 10.1 Å². The van der Waals surface area contributed by atoms with Gasteiger partial charge in [-0.2, -0.15) is 0 Å². The van der Waals surface area contributed by atoms with Crippen LogP contribution in [-0.4, -0.2) is 37.6 Å². The molecule has 0 aliphatic carbocycles. The summed E-state index contributed by atoms with van der Waals surface area (Å²) in [5.74, 6) is 0.954. The van der Waals surface area contributed by atoms with E-state index in [9.17, 15) is 4.79 Å². The van der Waals surface area contributed by atoms with Crippen LogP contribution in [0.15, 0.2) is 41.8 Å². The average Bonchev–Trinajstić information content (AvgIpc) is 3.30. The molecule has 0 unspecified atom stereocenters. The van der Waals surface area contributed by atoms with Gasteiger partial charge in [0.15, 0.2) is 0 Å². The third-order valence-corrected chi connectivity index (χ3v) is 5.37. The zero-order valence-electron chi connectivity index (χ0n) is 14.0. The summed E-state index contributed by atoms with van der Waals surface area (Å²) in [4.78, 5) is 15.8. The first-order valence-corrected chi connectivity index (χ1v) is 9.31. The second-order valence-electron chi connectivity index (χ2n) is 6.09. The van der Waals surface area contributed by atoms with Crippen molar-refractivity contribution in [1.82, 2.24) is 10.2 Å². The summed E-state index contributed by atoms with van der Waals surface area (Å²) in [7, 11) is 1.68. The van der Waals surface area contributed by atoms with Crippen LogP contribution in [0.5, 0.6) is 5.75 Å². The van der Waals surface area contributed by atoms with Gasteiger partial charge in [-0.1, -0.05) is 18.2 Å². The molecule has 1 aliphatic rings. The van der Waals surface area contributed by atoms with E-state index in [1.54, 1.807) is 18.4 Å². The van der Waals surface area contributed by atoms with Crippen molar-refractivity contribution in [3.8, 4) is 5.75 Å². The molecule has 128 valence electrons. The summed E-state index contributed by atoms with van der Waals surface area (Å²) < 4.78 is 5.25. The van der Waals surface area contributed by atoms with Gasteiger partial charge in [0.1, 0.15) is 5.75 Å². The highest BCUT2D eigenvalue weighted by Crippen LogP contribution is 2.26. The van der Waals surface area contributed by atoms with Crippen LogP contribution in [0.1, 0.15) is 29.3 Å². The Labute approximate surface area is 147 Å². The summed E-state index contributed by atoms with van der Waals surface area (Å²) >= 11 is 1.63. The van der Waals surface area contributed by atoms with Crippen LogP contribution in [0.2, 0.25) is 0 Å². The number of carbonyl (C=O) groups is 1. The zero-order valence-corrected chi connectivity index (χ0v) is 14.8. The molecule has 1 atom stereocenters. The molecule has 0 bridgehead atoms. The Morgan fingerprint density at radius 1 is 1.25 bits per heavy atom. The monoisotopic (exact) mass is 344 g/mol. The highest BCUT2D eigenvalue weighted by atomic mass is 32.1. The quantitative estimate of drug-likeness (QED) is 0.838. The SMILES string of the molecule is COc1ccc([C@@H](CNC(=O)Cc2cccs2)N2CCCC2)cc1. The summed E-state index contributed by atoms with van der Waals surface area (Å²) in [6, 6.07) is 12.4. The molecule has 1 aliphatic heterocycles. The van der Waals surface area contributed by atoms with Crippen molar-refractivity contribution in [2.24, 2.45) is 0 Å². The Bertz CT molecular complexity index is 634. The van der Waals surface area contributed by atoms with Gasteiger partial charge >= 0.3 is 0 Å². The zero-order chi connectivity index (χ0) is 16.8. The van der Waals surface area contributed by atoms with E-state index in [1.165, 1.54) is 18.4 Å². The van der Waals surface area contributed by atoms with Gasteiger partial charge in [0.2, 0.25) is 5.91 Å². The normalized spacial score (nSPS) is 16.0. The van der Waals surface area contributed by atoms with Crippen LogP contribution in [0.3, 0.4) is 0 Å². The highest BCUT2D eigenvalue weighted by molar-refractivity contribution is 7.10. The number of rotatable bonds is 7. The molecule has 4 nitrogen and oxygen atoms in total. The number of hydrogen-bond acceptors (Lipinski definition) is 4. The van der Waals surface area contributed by atoms with Gasteiger partial charge in [0, 0.05) is 11.4 Å². The first kappa shape index (κ1) is 17.0. The molecule has 1 N–H and O–H groups in total. The molecule has 2 heterocycles. The first-order valence-electron chi connectivity index (χ1n) is 8.43. The molecule has 1 fully saturated rings. The summed E-state index contributed by atoms with van der Waals surface area (Å²) in [5.41, 5.74) is 1.23. The number of methoxy groups -OCH3 is 1. The highest BCUT2D eigenvalue weighted by Gasteiger charge is 2.24. The van der Waals surface area contributed by atoms with Crippen molar-refractivity contribution in [2.75, 3.05) is 26.7 Å². The van der Waals surface area contributed by atoms with Crippen LogP contribution < -0.4 is 10.1 Å². The Hall–Kier alpha value is -1.85. The Morgan fingerprint density at radius 3 is 2.62 bits per heavy atom. The van der Waals surface area contributed by atoms with E-state index >= 15 is 0 Å². The van der Waals surface area contributed by atoms with E-state index in [0.717, 1.165) is 23.7 Å². The lowest BCUT2D eigenvalue weighted by molar-refractivity contribution is -0.120. The summed E-state index contributed by atoms with van der Waals surface area (Å²) in [5, 5.41) is 5.13.